The average molecular weight is 303 g/mol. The van der Waals surface area contributed by atoms with Crippen molar-refractivity contribution in [2.75, 3.05) is 13.1 Å². The highest BCUT2D eigenvalue weighted by Crippen LogP contribution is 2.60. The minimum absolute atomic E-state index is 0.116. The summed E-state index contributed by atoms with van der Waals surface area (Å²) in [4.78, 5) is 12.3. The number of carbonyl (C=O) groups is 1. The topological polar surface area (TPSA) is 54.5 Å². The van der Waals surface area contributed by atoms with Crippen LogP contribution in [-0.2, 0) is 14.8 Å². The number of ketones is 1. The fraction of sp³-hybridized carbons (Fsp3) is 0.438. The van der Waals surface area contributed by atoms with Gasteiger partial charge in [0.15, 0.2) is 5.78 Å². The lowest BCUT2D eigenvalue weighted by atomic mass is 9.90. The van der Waals surface area contributed by atoms with E-state index in [0.717, 1.165) is 24.0 Å². The molecule has 3 aliphatic rings. The van der Waals surface area contributed by atoms with Gasteiger partial charge >= 0.3 is 0 Å². The van der Waals surface area contributed by atoms with Gasteiger partial charge in [-0.3, -0.25) is 4.79 Å². The minimum Gasteiger partial charge on any atom is -0.294 e. The highest BCUT2D eigenvalue weighted by molar-refractivity contribution is 7.89. The minimum atomic E-state index is -3.46. The molecule has 2 aliphatic carbocycles. The third-order valence-electron chi connectivity index (χ3n) is 5.11. The van der Waals surface area contributed by atoms with Gasteiger partial charge in [0.2, 0.25) is 10.0 Å². The Morgan fingerprint density at radius 1 is 1.19 bits per heavy atom. The van der Waals surface area contributed by atoms with Gasteiger partial charge in [0.25, 0.3) is 0 Å². The van der Waals surface area contributed by atoms with E-state index in [4.69, 9.17) is 0 Å². The Kier molecular flexibility index (Phi) is 2.55. The highest BCUT2D eigenvalue weighted by Gasteiger charge is 2.61. The Morgan fingerprint density at radius 3 is 2.48 bits per heavy atom. The molecule has 4 rings (SSSR count). The number of aryl methyl sites for hydroxylation is 1. The van der Waals surface area contributed by atoms with E-state index in [2.05, 4.69) is 0 Å². The molecule has 2 fully saturated rings. The number of fused-ring (bicyclic) bond motifs is 2. The number of hydrogen-bond acceptors (Lipinski definition) is 3. The Bertz CT molecular complexity index is 757. The lowest BCUT2D eigenvalue weighted by Crippen LogP contribution is -2.31. The molecule has 1 unspecified atom stereocenters. The number of allylic oxidation sites excluding steroid dienone is 1. The van der Waals surface area contributed by atoms with E-state index in [0.29, 0.717) is 18.0 Å². The third kappa shape index (κ3) is 1.77. The third-order valence-corrected chi connectivity index (χ3v) is 6.94. The van der Waals surface area contributed by atoms with Crippen LogP contribution in [0.5, 0.6) is 0 Å². The van der Waals surface area contributed by atoms with Crippen LogP contribution in [0.3, 0.4) is 0 Å². The van der Waals surface area contributed by atoms with Gasteiger partial charge in [-0.1, -0.05) is 17.7 Å². The number of carbonyl (C=O) groups excluding carboxylic acids is 1. The molecule has 1 heterocycles. The number of nitrogens with zero attached hydrogens (tertiary/aromatic N) is 1. The molecule has 0 radical (unpaired) electrons. The lowest BCUT2D eigenvalue weighted by molar-refractivity contribution is -0.119. The molecule has 0 bridgehead atoms. The van der Waals surface area contributed by atoms with E-state index < -0.39 is 10.0 Å². The van der Waals surface area contributed by atoms with Gasteiger partial charge in [0, 0.05) is 24.4 Å². The molecule has 0 amide bonds. The molecular weight excluding hydrogens is 286 g/mol. The molecule has 1 saturated heterocycles. The summed E-state index contributed by atoms with van der Waals surface area (Å²) in [5.74, 6) is 0.333. The molecule has 110 valence electrons. The van der Waals surface area contributed by atoms with E-state index in [1.165, 1.54) is 4.31 Å². The van der Waals surface area contributed by atoms with Crippen molar-refractivity contribution in [2.24, 2.45) is 11.3 Å². The first kappa shape index (κ1) is 13.2. The predicted molar refractivity (Wildman–Crippen MR) is 78.2 cm³/mol. The second-order valence-corrected chi connectivity index (χ2v) is 8.34. The highest BCUT2D eigenvalue weighted by atomic mass is 32.2. The fourth-order valence-corrected chi connectivity index (χ4v) is 5.07. The monoisotopic (exact) mass is 303 g/mol. The smallest absolute Gasteiger partial charge is 0.243 e. The summed E-state index contributed by atoms with van der Waals surface area (Å²) in [5, 5.41) is 0. The Hall–Kier alpha value is -1.46. The zero-order valence-electron chi connectivity index (χ0n) is 11.9. The average Bonchev–Trinajstić information content (AvgIpc) is 3.08. The van der Waals surface area contributed by atoms with Crippen LogP contribution in [0.25, 0.3) is 0 Å². The van der Waals surface area contributed by atoms with Gasteiger partial charge in [-0.25, -0.2) is 8.42 Å². The molecule has 21 heavy (non-hydrogen) atoms. The Labute approximate surface area is 124 Å². The van der Waals surface area contributed by atoms with E-state index >= 15 is 0 Å². The molecule has 4 nitrogen and oxygen atoms in total. The van der Waals surface area contributed by atoms with E-state index in [1.54, 1.807) is 18.2 Å². The van der Waals surface area contributed by atoms with Crippen LogP contribution in [0.4, 0.5) is 0 Å². The van der Waals surface area contributed by atoms with Crippen molar-refractivity contribution in [1.82, 2.24) is 4.31 Å². The van der Waals surface area contributed by atoms with Crippen molar-refractivity contribution in [2.45, 2.75) is 24.7 Å². The Balaban J connectivity index is 1.65. The molecule has 1 aromatic rings. The summed E-state index contributed by atoms with van der Waals surface area (Å²) in [7, 11) is -3.46. The summed E-state index contributed by atoms with van der Waals surface area (Å²) in [6.45, 7) is 2.76. The van der Waals surface area contributed by atoms with Crippen LogP contribution in [-0.4, -0.2) is 31.6 Å². The van der Waals surface area contributed by atoms with Crippen LogP contribution >= 0.6 is 0 Å². The van der Waals surface area contributed by atoms with Crippen molar-refractivity contribution in [3.05, 3.63) is 41.5 Å². The zero-order chi connectivity index (χ0) is 14.8. The maximum Gasteiger partial charge on any atom is 0.243 e. The van der Waals surface area contributed by atoms with Crippen molar-refractivity contribution >= 4 is 15.8 Å². The largest absolute Gasteiger partial charge is 0.294 e. The van der Waals surface area contributed by atoms with Crippen molar-refractivity contribution in [3.63, 3.8) is 0 Å². The first-order valence-corrected chi connectivity index (χ1v) is 8.69. The summed E-state index contributed by atoms with van der Waals surface area (Å²) in [6.07, 6.45) is 3.52. The zero-order valence-corrected chi connectivity index (χ0v) is 12.7. The van der Waals surface area contributed by atoms with E-state index in [9.17, 15) is 13.2 Å². The molecule has 1 atom stereocenters. The van der Waals surface area contributed by atoms with Gasteiger partial charge in [-0.15, -0.1) is 0 Å². The first-order chi connectivity index (χ1) is 9.93. The first-order valence-electron chi connectivity index (χ1n) is 7.25. The lowest BCUT2D eigenvalue weighted by Gasteiger charge is -2.19. The summed E-state index contributed by atoms with van der Waals surface area (Å²) in [5.41, 5.74) is 1.80. The molecule has 0 aromatic heterocycles. The summed E-state index contributed by atoms with van der Waals surface area (Å²) >= 11 is 0. The second kappa shape index (κ2) is 4.05. The van der Waals surface area contributed by atoms with Crippen LogP contribution in [0, 0.1) is 18.3 Å². The number of rotatable bonds is 2. The SMILES string of the molecule is Cc1ccc(S(=O)(=O)N2CC3=CC(=O)C4(CC4)C3C2)cc1. The van der Waals surface area contributed by atoms with Gasteiger partial charge in [-0.2, -0.15) is 4.31 Å². The standard InChI is InChI=1S/C16H17NO3S/c1-11-2-4-13(5-3-11)21(19,20)17-9-12-8-15(18)16(6-7-16)14(12)10-17/h2-5,8,14H,6-7,9-10H2,1H3. The van der Waals surface area contributed by atoms with Crippen molar-refractivity contribution < 1.29 is 13.2 Å². The van der Waals surface area contributed by atoms with Crippen LogP contribution in [0.2, 0.25) is 0 Å². The Morgan fingerprint density at radius 2 is 1.86 bits per heavy atom. The van der Waals surface area contributed by atoms with Crippen LogP contribution in [0.15, 0.2) is 40.8 Å². The molecule has 1 aromatic carbocycles. The van der Waals surface area contributed by atoms with Gasteiger partial charge in [0.05, 0.1) is 4.90 Å². The summed E-state index contributed by atoms with van der Waals surface area (Å²) in [6, 6.07) is 6.94. The maximum absolute atomic E-state index is 12.7. The van der Waals surface area contributed by atoms with Crippen molar-refractivity contribution in [1.29, 1.82) is 0 Å². The van der Waals surface area contributed by atoms with E-state index in [1.807, 2.05) is 19.1 Å². The number of hydrogen-bond donors (Lipinski definition) is 0. The molecule has 0 N–H and O–H groups in total. The van der Waals surface area contributed by atoms with Crippen LogP contribution in [0.1, 0.15) is 18.4 Å². The van der Waals surface area contributed by atoms with E-state index in [-0.39, 0.29) is 17.1 Å². The molecule has 1 spiro atoms. The van der Waals surface area contributed by atoms with Gasteiger partial charge < -0.3 is 0 Å². The molecule has 1 aliphatic heterocycles. The van der Waals surface area contributed by atoms with Crippen LogP contribution < -0.4 is 0 Å². The second-order valence-electron chi connectivity index (χ2n) is 6.40. The number of sulfonamides is 1. The normalized spacial score (nSPS) is 27.0. The quantitative estimate of drug-likeness (QED) is 0.838. The fourth-order valence-electron chi connectivity index (χ4n) is 3.63. The van der Waals surface area contributed by atoms with Crippen molar-refractivity contribution in [3.8, 4) is 0 Å². The summed E-state index contributed by atoms with van der Waals surface area (Å²) < 4.78 is 26.9. The predicted octanol–water partition coefficient (Wildman–Crippen LogP) is 1.90. The molecular formula is C16H17NO3S. The molecule has 1 saturated carbocycles. The van der Waals surface area contributed by atoms with Gasteiger partial charge in [0.1, 0.15) is 0 Å². The maximum atomic E-state index is 12.7. The van der Waals surface area contributed by atoms with Gasteiger partial charge in [-0.05, 0) is 43.5 Å². The molecule has 5 heteroatoms. The number of benzene rings is 1.